The highest BCUT2D eigenvalue weighted by Crippen LogP contribution is 2.19. The number of pyridine rings is 2. The molecule has 0 unspecified atom stereocenters. The monoisotopic (exact) mass is 298 g/mol. The number of fused-ring (bicyclic) bond motifs is 1. The molecule has 2 aromatic heterocycles. The van der Waals surface area contributed by atoms with Gasteiger partial charge in [-0.3, -0.25) is 9.78 Å². The van der Waals surface area contributed by atoms with Crippen LogP contribution in [0.3, 0.4) is 0 Å². The van der Waals surface area contributed by atoms with E-state index in [1.807, 2.05) is 30.3 Å². The van der Waals surface area contributed by atoms with E-state index in [2.05, 4.69) is 15.3 Å². The molecule has 1 aromatic carbocycles. The van der Waals surface area contributed by atoms with Crippen molar-refractivity contribution in [3.8, 4) is 0 Å². The molecule has 3 aromatic rings. The number of halogens is 1. The van der Waals surface area contributed by atoms with Crippen molar-refractivity contribution in [1.29, 1.82) is 0 Å². The molecule has 1 amide bonds. The van der Waals surface area contributed by atoms with Gasteiger partial charge in [0.25, 0.3) is 5.91 Å². The smallest absolute Gasteiger partial charge is 0.257 e. The summed E-state index contributed by atoms with van der Waals surface area (Å²) in [7, 11) is 0. The lowest BCUT2D eigenvalue weighted by Crippen LogP contribution is -2.14. The first-order chi connectivity index (χ1) is 10.1. The zero-order valence-corrected chi connectivity index (χ0v) is 11.6. The minimum absolute atomic E-state index is 0.214. The van der Waals surface area contributed by atoms with E-state index in [1.54, 1.807) is 6.20 Å². The molecule has 0 aliphatic rings. The van der Waals surface area contributed by atoms with Gasteiger partial charge in [-0.05, 0) is 18.2 Å². The number of nitrogens with one attached hydrogen (secondary N) is 1. The predicted molar refractivity (Wildman–Crippen MR) is 83.4 cm³/mol. The van der Waals surface area contributed by atoms with Crippen LogP contribution < -0.4 is 11.1 Å². The van der Waals surface area contributed by atoms with Gasteiger partial charge in [-0.2, -0.15) is 0 Å². The van der Waals surface area contributed by atoms with Gasteiger partial charge in [0.05, 0.1) is 34.8 Å². The molecule has 3 rings (SSSR count). The molecule has 0 saturated heterocycles. The van der Waals surface area contributed by atoms with Crippen LogP contribution in [0.4, 0.5) is 11.4 Å². The quantitative estimate of drug-likeness (QED) is 0.712. The van der Waals surface area contributed by atoms with Gasteiger partial charge in [0, 0.05) is 5.39 Å². The van der Waals surface area contributed by atoms with E-state index in [0.29, 0.717) is 5.69 Å². The van der Waals surface area contributed by atoms with E-state index >= 15 is 0 Å². The van der Waals surface area contributed by atoms with Crippen molar-refractivity contribution in [2.75, 3.05) is 11.1 Å². The Morgan fingerprint density at radius 3 is 2.81 bits per heavy atom. The molecule has 0 aliphatic carbocycles. The number of nitrogens with zero attached hydrogens (tertiary/aromatic N) is 2. The molecule has 0 bridgehead atoms. The van der Waals surface area contributed by atoms with Crippen molar-refractivity contribution in [1.82, 2.24) is 9.97 Å². The Hall–Kier alpha value is -2.66. The van der Waals surface area contributed by atoms with Crippen molar-refractivity contribution in [2.45, 2.75) is 0 Å². The van der Waals surface area contributed by atoms with Gasteiger partial charge in [-0.1, -0.05) is 29.8 Å². The van der Waals surface area contributed by atoms with Crippen LogP contribution in [0.25, 0.3) is 10.9 Å². The van der Waals surface area contributed by atoms with Gasteiger partial charge >= 0.3 is 0 Å². The minimum atomic E-state index is -0.353. The summed E-state index contributed by atoms with van der Waals surface area (Å²) in [4.78, 5) is 20.3. The summed E-state index contributed by atoms with van der Waals surface area (Å²) in [6, 6.07) is 10.9. The lowest BCUT2D eigenvalue weighted by Gasteiger charge is -2.08. The highest BCUT2D eigenvalue weighted by Gasteiger charge is 2.11. The molecule has 104 valence electrons. The Bertz CT molecular complexity index is 835. The second-order valence-electron chi connectivity index (χ2n) is 4.47. The minimum Gasteiger partial charge on any atom is -0.397 e. The highest BCUT2D eigenvalue weighted by molar-refractivity contribution is 6.30. The number of aromatic nitrogens is 2. The van der Waals surface area contributed by atoms with Gasteiger partial charge in [-0.15, -0.1) is 0 Å². The van der Waals surface area contributed by atoms with Crippen molar-refractivity contribution < 1.29 is 4.79 Å². The summed E-state index contributed by atoms with van der Waals surface area (Å²) in [6.45, 7) is 0. The van der Waals surface area contributed by atoms with Crippen LogP contribution >= 0.6 is 11.6 Å². The van der Waals surface area contributed by atoms with E-state index in [1.165, 1.54) is 12.3 Å². The number of anilines is 2. The molecule has 0 aliphatic heterocycles. The molecule has 0 saturated carbocycles. The lowest BCUT2D eigenvalue weighted by atomic mass is 10.2. The Labute approximate surface area is 125 Å². The molecular formula is C15H11ClN4O. The fourth-order valence-corrected chi connectivity index (χ4v) is 2.13. The van der Waals surface area contributed by atoms with Gasteiger partial charge in [0.15, 0.2) is 0 Å². The molecule has 6 heteroatoms. The SMILES string of the molecule is Nc1cnc(Cl)cc1C(=O)Nc1cnc2ccccc2c1. The molecule has 2 heterocycles. The molecule has 0 spiro atoms. The summed E-state index contributed by atoms with van der Waals surface area (Å²) in [6.07, 6.45) is 2.95. The van der Waals surface area contributed by atoms with Crippen LogP contribution in [0.15, 0.2) is 48.8 Å². The Kier molecular flexibility index (Phi) is 3.41. The van der Waals surface area contributed by atoms with Crippen LogP contribution in [0, 0.1) is 0 Å². The Morgan fingerprint density at radius 1 is 1.14 bits per heavy atom. The van der Waals surface area contributed by atoms with E-state index in [4.69, 9.17) is 17.3 Å². The number of carbonyl (C=O) groups excluding carboxylic acids is 1. The fourth-order valence-electron chi connectivity index (χ4n) is 1.97. The third-order valence-electron chi connectivity index (χ3n) is 2.99. The maximum Gasteiger partial charge on any atom is 0.257 e. The number of hydrogen-bond donors (Lipinski definition) is 2. The van der Waals surface area contributed by atoms with E-state index in [-0.39, 0.29) is 22.3 Å². The van der Waals surface area contributed by atoms with E-state index in [9.17, 15) is 4.79 Å². The van der Waals surface area contributed by atoms with E-state index in [0.717, 1.165) is 10.9 Å². The average molecular weight is 299 g/mol. The first kappa shape index (κ1) is 13.3. The van der Waals surface area contributed by atoms with Crippen LogP contribution in [0.5, 0.6) is 0 Å². The van der Waals surface area contributed by atoms with E-state index < -0.39 is 0 Å². The topological polar surface area (TPSA) is 80.9 Å². The lowest BCUT2D eigenvalue weighted by molar-refractivity contribution is 0.102. The molecular weight excluding hydrogens is 288 g/mol. The van der Waals surface area contributed by atoms with Crippen LogP contribution in [-0.4, -0.2) is 15.9 Å². The molecule has 0 atom stereocenters. The molecule has 5 nitrogen and oxygen atoms in total. The first-order valence-electron chi connectivity index (χ1n) is 6.20. The van der Waals surface area contributed by atoms with Crippen molar-refractivity contribution in [2.24, 2.45) is 0 Å². The average Bonchev–Trinajstić information content (AvgIpc) is 2.49. The normalized spacial score (nSPS) is 10.5. The summed E-state index contributed by atoms with van der Waals surface area (Å²) in [5.74, 6) is -0.353. The van der Waals surface area contributed by atoms with Crippen LogP contribution in [0.2, 0.25) is 5.15 Å². The van der Waals surface area contributed by atoms with Gasteiger partial charge in [-0.25, -0.2) is 4.98 Å². The predicted octanol–water partition coefficient (Wildman–Crippen LogP) is 3.12. The van der Waals surface area contributed by atoms with Gasteiger partial charge in [0.2, 0.25) is 0 Å². The number of carbonyl (C=O) groups is 1. The maximum atomic E-state index is 12.2. The van der Waals surface area contributed by atoms with Crippen LogP contribution in [-0.2, 0) is 0 Å². The fraction of sp³-hybridized carbons (Fsp3) is 0. The highest BCUT2D eigenvalue weighted by atomic mass is 35.5. The van der Waals surface area contributed by atoms with Crippen molar-refractivity contribution >= 4 is 39.8 Å². The maximum absolute atomic E-state index is 12.2. The second-order valence-corrected chi connectivity index (χ2v) is 4.85. The zero-order chi connectivity index (χ0) is 14.8. The second kappa shape index (κ2) is 5.38. The molecule has 3 N–H and O–H groups in total. The zero-order valence-electron chi connectivity index (χ0n) is 10.9. The summed E-state index contributed by atoms with van der Waals surface area (Å²) in [5.41, 5.74) is 7.74. The summed E-state index contributed by atoms with van der Waals surface area (Å²) < 4.78 is 0. The number of nitrogen functional groups attached to an aromatic ring is 1. The summed E-state index contributed by atoms with van der Waals surface area (Å²) >= 11 is 5.78. The number of para-hydroxylation sites is 1. The standard InChI is InChI=1S/C15H11ClN4O/c16-14-6-11(12(17)8-19-14)15(21)20-10-5-9-3-1-2-4-13(9)18-7-10/h1-8H,17H2,(H,20,21). The largest absolute Gasteiger partial charge is 0.397 e. The van der Waals surface area contributed by atoms with Crippen molar-refractivity contribution in [3.05, 3.63) is 59.5 Å². The van der Waals surface area contributed by atoms with Gasteiger partial charge < -0.3 is 11.1 Å². The number of hydrogen-bond acceptors (Lipinski definition) is 4. The number of benzene rings is 1. The van der Waals surface area contributed by atoms with Gasteiger partial charge in [0.1, 0.15) is 5.15 Å². The number of nitrogens with two attached hydrogens (primary N) is 1. The third kappa shape index (κ3) is 2.78. The molecule has 0 fully saturated rings. The summed E-state index contributed by atoms with van der Waals surface area (Å²) in [5, 5.41) is 3.91. The third-order valence-corrected chi connectivity index (χ3v) is 3.20. The Morgan fingerprint density at radius 2 is 1.95 bits per heavy atom. The first-order valence-corrected chi connectivity index (χ1v) is 6.58. The number of amides is 1. The molecule has 0 radical (unpaired) electrons. The Balaban J connectivity index is 1.90. The number of rotatable bonds is 2. The van der Waals surface area contributed by atoms with Crippen molar-refractivity contribution in [3.63, 3.8) is 0 Å². The van der Waals surface area contributed by atoms with Crippen LogP contribution in [0.1, 0.15) is 10.4 Å². The molecule has 21 heavy (non-hydrogen) atoms.